The van der Waals surface area contributed by atoms with Crippen molar-refractivity contribution in [1.29, 1.82) is 5.26 Å². The van der Waals surface area contributed by atoms with Gasteiger partial charge in [0.25, 0.3) is 0 Å². The van der Waals surface area contributed by atoms with E-state index in [2.05, 4.69) is 22.0 Å². The van der Waals surface area contributed by atoms with Crippen molar-refractivity contribution in [3.8, 4) is 6.07 Å². The quantitative estimate of drug-likeness (QED) is 0.724. The van der Waals surface area contributed by atoms with Crippen molar-refractivity contribution in [2.45, 2.75) is 6.92 Å². The molecule has 0 saturated heterocycles. The minimum absolute atomic E-state index is 0.0519. The minimum atomic E-state index is -0.672. The van der Waals surface area contributed by atoms with Gasteiger partial charge < -0.3 is 19.1 Å². The van der Waals surface area contributed by atoms with Crippen LogP contribution in [0.5, 0.6) is 0 Å². The molecule has 1 heterocycles. The zero-order valence-electron chi connectivity index (χ0n) is 13.4. The van der Waals surface area contributed by atoms with Gasteiger partial charge in [0, 0.05) is 4.47 Å². The van der Waals surface area contributed by atoms with Gasteiger partial charge in [0.15, 0.2) is 0 Å². The highest BCUT2D eigenvalue weighted by Gasteiger charge is 2.33. The van der Waals surface area contributed by atoms with Crippen molar-refractivity contribution in [2.75, 3.05) is 32.5 Å². The fraction of sp³-hybridized carbons (Fsp3) is 0.312. The predicted molar refractivity (Wildman–Crippen MR) is 88.0 cm³/mol. The highest BCUT2D eigenvalue weighted by atomic mass is 79.9. The van der Waals surface area contributed by atoms with E-state index in [-0.39, 0.29) is 24.6 Å². The second-order valence-corrected chi connectivity index (χ2v) is 5.81. The lowest BCUT2D eigenvalue weighted by molar-refractivity contribution is -0.140. The molecule has 8 heteroatoms. The van der Waals surface area contributed by atoms with Crippen molar-refractivity contribution < 1.29 is 23.8 Å². The number of aryl methyl sites for hydroxylation is 1. The van der Waals surface area contributed by atoms with Crippen LogP contribution in [0, 0.1) is 18.3 Å². The molecule has 24 heavy (non-hydrogen) atoms. The molecule has 0 fully saturated rings. The summed E-state index contributed by atoms with van der Waals surface area (Å²) in [5.41, 5.74) is 1.95. The average Bonchev–Trinajstić information content (AvgIpc) is 2.59. The van der Waals surface area contributed by atoms with E-state index in [1.807, 2.05) is 0 Å². The summed E-state index contributed by atoms with van der Waals surface area (Å²) in [6.07, 6.45) is 0. The van der Waals surface area contributed by atoms with E-state index in [1.165, 1.54) is 19.1 Å². The number of benzene rings is 1. The molecule has 0 amide bonds. The van der Waals surface area contributed by atoms with Crippen LogP contribution >= 0.6 is 15.9 Å². The largest absolute Gasteiger partial charge is 0.466 e. The van der Waals surface area contributed by atoms with E-state index in [0.717, 1.165) is 5.56 Å². The first-order chi connectivity index (χ1) is 11.4. The monoisotopic (exact) mass is 394 g/mol. The second kappa shape index (κ2) is 7.47. The molecular weight excluding hydrogens is 380 g/mol. The third-order valence-corrected chi connectivity index (χ3v) is 4.09. The molecular formula is C16H15BrN2O5. The van der Waals surface area contributed by atoms with Crippen molar-refractivity contribution in [3.63, 3.8) is 0 Å². The van der Waals surface area contributed by atoms with Gasteiger partial charge in [-0.1, -0.05) is 0 Å². The first kappa shape index (κ1) is 18.0. The van der Waals surface area contributed by atoms with Crippen molar-refractivity contribution in [1.82, 2.24) is 0 Å². The van der Waals surface area contributed by atoms with E-state index in [4.69, 9.17) is 19.5 Å². The zero-order valence-corrected chi connectivity index (χ0v) is 15.0. The Kier molecular flexibility index (Phi) is 5.59. The van der Waals surface area contributed by atoms with Gasteiger partial charge in [-0.15, -0.1) is 0 Å². The number of carbonyl (C=O) groups is 2. The van der Waals surface area contributed by atoms with E-state index in [9.17, 15) is 9.59 Å². The number of esters is 2. The summed E-state index contributed by atoms with van der Waals surface area (Å²) in [5, 5.41) is 9.06. The topological polar surface area (TPSA) is 88.9 Å². The van der Waals surface area contributed by atoms with Crippen LogP contribution in [-0.2, 0) is 23.8 Å². The van der Waals surface area contributed by atoms with E-state index >= 15 is 0 Å². The third kappa shape index (κ3) is 3.27. The van der Waals surface area contributed by atoms with Gasteiger partial charge in [-0.25, -0.2) is 9.59 Å². The number of nitrogens with zero attached hydrogens (tertiary/aromatic N) is 2. The average molecular weight is 395 g/mol. The summed E-state index contributed by atoms with van der Waals surface area (Å²) < 4.78 is 15.6. The molecule has 7 nitrogen and oxygen atoms in total. The maximum Gasteiger partial charge on any atom is 0.355 e. The number of ether oxygens (including phenoxy) is 3. The van der Waals surface area contributed by atoms with Gasteiger partial charge in [0.2, 0.25) is 0 Å². The Hall–Kier alpha value is -2.37. The Bertz CT molecular complexity index is 743. The predicted octanol–water partition coefficient (Wildman–Crippen LogP) is 2.02. The Morgan fingerprint density at radius 2 is 1.96 bits per heavy atom. The highest BCUT2D eigenvalue weighted by Crippen LogP contribution is 2.36. The summed E-state index contributed by atoms with van der Waals surface area (Å²) in [6.45, 7) is 1.79. The summed E-state index contributed by atoms with van der Waals surface area (Å²) in [7, 11) is 2.46. The maximum atomic E-state index is 12.3. The standard InChI is InChI=1S/C16H15BrN2O5/c1-9-4-10(6-18)5-12(17)13(9)19-8-24-7-11(15(20)22-2)14(19)16(21)23-3/h4-5H,7-8H2,1-3H3. The summed E-state index contributed by atoms with van der Waals surface area (Å²) in [5.74, 6) is -1.34. The zero-order chi connectivity index (χ0) is 17.9. The molecule has 0 N–H and O–H groups in total. The van der Waals surface area contributed by atoms with Crippen molar-refractivity contribution in [2.24, 2.45) is 0 Å². The van der Waals surface area contributed by atoms with E-state index in [0.29, 0.717) is 15.7 Å². The van der Waals surface area contributed by atoms with Crippen molar-refractivity contribution >= 4 is 33.6 Å². The third-order valence-electron chi connectivity index (χ3n) is 3.49. The summed E-state index contributed by atoms with van der Waals surface area (Å²) in [6, 6.07) is 5.37. The SMILES string of the molecule is COC(=O)C1=C(C(=O)OC)N(c2c(C)cc(C#N)cc2Br)COC1. The van der Waals surface area contributed by atoms with E-state index < -0.39 is 11.9 Å². The van der Waals surface area contributed by atoms with Gasteiger partial charge in [-0.05, 0) is 40.5 Å². The maximum absolute atomic E-state index is 12.3. The molecule has 1 aliphatic rings. The van der Waals surface area contributed by atoms with Crippen LogP contribution in [0.1, 0.15) is 11.1 Å². The minimum Gasteiger partial charge on any atom is -0.466 e. The molecule has 0 unspecified atom stereocenters. The summed E-state index contributed by atoms with van der Waals surface area (Å²) in [4.78, 5) is 25.8. The number of nitriles is 1. The number of halogens is 1. The van der Waals surface area contributed by atoms with Crippen LogP contribution < -0.4 is 4.90 Å². The normalized spacial score (nSPS) is 14.2. The van der Waals surface area contributed by atoms with Crippen molar-refractivity contribution in [3.05, 3.63) is 39.0 Å². The molecule has 1 aromatic rings. The number of hydrogen-bond acceptors (Lipinski definition) is 7. The first-order valence-corrected chi connectivity index (χ1v) is 7.69. The molecule has 0 spiro atoms. The van der Waals surface area contributed by atoms with Crippen LogP contribution in [0.3, 0.4) is 0 Å². The molecule has 0 radical (unpaired) electrons. The smallest absolute Gasteiger partial charge is 0.355 e. The molecule has 2 rings (SSSR count). The number of anilines is 1. The summed E-state index contributed by atoms with van der Waals surface area (Å²) >= 11 is 3.41. The lowest BCUT2D eigenvalue weighted by Crippen LogP contribution is -2.39. The fourth-order valence-corrected chi connectivity index (χ4v) is 3.24. The van der Waals surface area contributed by atoms with Gasteiger partial charge in [-0.2, -0.15) is 5.26 Å². The van der Waals surface area contributed by atoms with Gasteiger partial charge in [0.1, 0.15) is 12.4 Å². The van der Waals surface area contributed by atoms with Crippen LogP contribution in [0.15, 0.2) is 27.9 Å². The molecule has 1 aromatic carbocycles. The number of carbonyl (C=O) groups excluding carboxylic acids is 2. The lowest BCUT2D eigenvalue weighted by atomic mass is 10.1. The van der Waals surface area contributed by atoms with Crippen LogP contribution in [0.25, 0.3) is 0 Å². The number of hydrogen-bond donors (Lipinski definition) is 0. The Balaban J connectivity index is 2.66. The number of methoxy groups -OCH3 is 2. The molecule has 0 atom stereocenters. The lowest BCUT2D eigenvalue weighted by Gasteiger charge is -2.33. The second-order valence-electron chi connectivity index (χ2n) is 4.95. The highest BCUT2D eigenvalue weighted by molar-refractivity contribution is 9.10. The molecule has 1 aliphatic heterocycles. The fourth-order valence-electron chi connectivity index (χ4n) is 2.46. The van der Waals surface area contributed by atoms with Crippen LogP contribution in [0.4, 0.5) is 5.69 Å². The molecule has 0 bridgehead atoms. The molecule has 0 aromatic heterocycles. The van der Waals surface area contributed by atoms with Gasteiger partial charge >= 0.3 is 11.9 Å². The Morgan fingerprint density at radius 3 is 2.50 bits per heavy atom. The van der Waals surface area contributed by atoms with Gasteiger partial charge in [0.05, 0.1) is 43.7 Å². The van der Waals surface area contributed by atoms with Crippen LogP contribution in [-0.4, -0.2) is 39.5 Å². The van der Waals surface area contributed by atoms with E-state index in [1.54, 1.807) is 19.1 Å². The first-order valence-electron chi connectivity index (χ1n) is 6.89. The molecule has 0 saturated carbocycles. The Morgan fingerprint density at radius 1 is 1.29 bits per heavy atom. The Labute approximate surface area is 147 Å². The molecule has 126 valence electrons. The van der Waals surface area contributed by atoms with Gasteiger partial charge in [-0.3, -0.25) is 0 Å². The number of rotatable bonds is 3. The molecule has 0 aliphatic carbocycles. The van der Waals surface area contributed by atoms with Crippen LogP contribution in [0.2, 0.25) is 0 Å².